The highest BCUT2D eigenvalue weighted by atomic mass is 19.1. The van der Waals surface area contributed by atoms with E-state index in [-0.39, 0.29) is 30.2 Å². The van der Waals surface area contributed by atoms with Crippen LogP contribution < -0.4 is 26.7 Å². The summed E-state index contributed by atoms with van der Waals surface area (Å²) in [5.74, 6) is 0.670. The molecule has 9 nitrogen and oxygen atoms in total. The van der Waals surface area contributed by atoms with Crippen molar-refractivity contribution in [1.29, 1.82) is 0 Å². The van der Waals surface area contributed by atoms with Gasteiger partial charge in [0, 0.05) is 31.3 Å². The predicted octanol–water partition coefficient (Wildman–Crippen LogP) is 2.09. The predicted molar refractivity (Wildman–Crippen MR) is 121 cm³/mol. The Bertz CT molecular complexity index is 1260. The maximum atomic E-state index is 13.7. The van der Waals surface area contributed by atoms with E-state index >= 15 is 0 Å². The number of nitrogens with two attached hydrogens (primary N) is 1. The number of fused-ring (bicyclic) bond motifs is 1. The molecule has 0 unspecified atom stereocenters. The highest BCUT2D eigenvalue weighted by Gasteiger charge is 2.31. The molecule has 0 saturated carbocycles. The summed E-state index contributed by atoms with van der Waals surface area (Å²) in [5.41, 5.74) is 7.77. The number of pyridine rings is 1. The smallest absolute Gasteiger partial charge is 0.277 e. The molecule has 2 aromatic heterocycles. The molecule has 1 aliphatic rings. The molecule has 1 aromatic carbocycles. The first-order chi connectivity index (χ1) is 15.9. The van der Waals surface area contributed by atoms with Gasteiger partial charge in [0.05, 0.1) is 13.3 Å². The lowest BCUT2D eigenvalue weighted by Gasteiger charge is -2.16. The van der Waals surface area contributed by atoms with Crippen molar-refractivity contribution in [1.82, 2.24) is 19.9 Å². The average molecular weight is 452 g/mol. The number of hydrogen-bond donors (Lipinski definition) is 3. The van der Waals surface area contributed by atoms with Crippen molar-refractivity contribution in [3.8, 4) is 5.75 Å². The standard InChI is InChI=1S/C23H25FN6O3/c1-13-15(3-5-20(25)29-13)11-28-22(31)19-4-6-21-27-12-18(23(32)30(19)21)26-10-14-7-16(24)9-17(8-14)33-2/h3,5,7-9,12,19,26H,4,6,10-11H2,1-2H3,(H2,25,29)(H,28,31)/t19-/m0/s1. The lowest BCUT2D eigenvalue weighted by Crippen LogP contribution is -2.36. The summed E-state index contributed by atoms with van der Waals surface area (Å²) in [4.78, 5) is 34.6. The maximum absolute atomic E-state index is 13.7. The number of nitrogen functional groups attached to an aromatic ring is 1. The number of aryl methyl sites for hydroxylation is 2. The second-order valence-electron chi connectivity index (χ2n) is 7.87. The summed E-state index contributed by atoms with van der Waals surface area (Å²) in [5, 5.41) is 5.88. The Hall–Kier alpha value is -3.95. The van der Waals surface area contributed by atoms with Crippen molar-refractivity contribution in [3.05, 3.63) is 75.3 Å². The van der Waals surface area contributed by atoms with Crippen LogP contribution in [-0.2, 0) is 24.3 Å². The van der Waals surface area contributed by atoms with E-state index in [4.69, 9.17) is 10.5 Å². The van der Waals surface area contributed by atoms with Crippen LogP contribution in [0.25, 0.3) is 0 Å². The number of benzene rings is 1. The number of nitrogens with one attached hydrogen (secondary N) is 2. The van der Waals surface area contributed by atoms with Crippen LogP contribution in [0.5, 0.6) is 5.75 Å². The minimum absolute atomic E-state index is 0.199. The van der Waals surface area contributed by atoms with Crippen molar-refractivity contribution >= 4 is 17.4 Å². The van der Waals surface area contributed by atoms with Gasteiger partial charge in [-0.15, -0.1) is 0 Å². The lowest BCUT2D eigenvalue weighted by molar-refractivity contribution is -0.124. The Labute approximate surface area is 189 Å². The molecule has 10 heteroatoms. The van der Waals surface area contributed by atoms with Crippen LogP contribution in [0.1, 0.15) is 35.1 Å². The number of nitrogens with zero attached hydrogens (tertiary/aromatic N) is 3. The molecule has 0 radical (unpaired) electrons. The van der Waals surface area contributed by atoms with Crippen LogP contribution in [0.15, 0.2) is 41.3 Å². The summed E-state index contributed by atoms with van der Waals surface area (Å²) >= 11 is 0. The monoisotopic (exact) mass is 452 g/mol. The van der Waals surface area contributed by atoms with E-state index in [0.29, 0.717) is 35.8 Å². The molecule has 0 spiro atoms. The first-order valence-electron chi connectivity index (χ1n) is 10.5. The molecule has 1 aliphatic heterocycles. The van der Waals surface area contributed by atoms with Gasteiger partial charge in [0.25, 0.3) is 5.56 Å². The quantitative estimate of drug-likeness (QED) is 0.501. The molecule has 0 saturated heterocycles. The summed E-state index contributed by atoms with van der Waals surface area (Å²) in [7, 11) is 1.46. The third kappa shape index (κ3) is 4.79. The Morgan fingerprint density at radius 1 is 1.30 bits per heavy atom. The van der Waals surface area contributed by atoms with Crippen LogP contribution in [0.2, 0.25) is 0 Å². The zero-order chi connectivity index (χ0) is 23.5. The fraction of sp³-hybridized carbons (Fsp3) is 0.304. The van der Waals surface area contributed by atoms with Crippen molar-refractivity contribution in [2.45, 2.75) is 38.9 Å². The van der Waals surface area contributed by atoms with Crippen LogP contribution >= 0.6 is 0 Å². The van der Waals surface area contributed by atoms with Crippen LogP contribution in [-0.4, -0.2) is 27.6 Å². The molecule has 0 bridgehead atoms. The number of carbonyl (C=O) groups is 1. The van der Waals surface area contributed by atoms with E-state index in [2.05, 4.69) is 20.6 Å². The fourth-order valence-corrected chi connectivity index (χ4v) is 3.91. The average Bonchev–Trinajstić information content (AvgIpc) is 3.22. The van der Waals surface area contributed by atoms with Crippen LogP contribution in [0.3, 0.4) is 0 Å². The topological polar surface area (TPSA) is 124 Å². The molecule has 1 atom stereocenters. The van der Waals surface area contributed by atoms with E-state index < -0.39 is 11.9 Å². The summed E-state index contributed by atoms with van der Waals surface area (Å²) < 4.78 is 20.2. The zero-order valence-corrected chi connectivity index (χ0v) is 18.4. The Kier molecular flexibility index (Phi) is 6.25. The van der Waals surface area contributed by atoms with Crippen molar-refractivity contribution in [3.63, 3.8) is 0 Å². The lowest BCUT2D eigenvalue weighted by atomic mass is 10.1. The van der Waals surface area contributed by atoms with E-state index in [9.17, 15) is 14.0 Å². The normalized spacial score (nSPS) is 14.6. The molecule has 4 rings (SSSR count). The molecule has 3 aromatic rings. The molecule has 0 aliphatic carbocycles. The fourth-order valence-electron chi connectivity index (χ4n) is 3.91. The highest BCUT2D eigenvalue weighted by Crippen LogP contribution is 2.24. The maximum Gasteiger partial charge on any atom is 0.277 e. The van der Waals surface area contributed by atoms with E-state index in [1.165, 1.54) is 30.0 Å². The first kappa shape index (κ1) is 22.3. The number of amides is 1. The third-order valence-corrected chi connectivity index (χ3v) is 5.65. The molecular weight excluding hydrogens is 427 g/mol. The molecule has 1 amide bonds. The number of hydrogen-bond acceptors (Lipinski definition) is 7. The minimum Gasteiger partial charge on any atom is -0.497 e. The zero-order valence-electron chi connectivity index (χ0n) is 18.4. The number of ether oxygens (including phenoxy) is 1. The van der Waals surface area contributed by atoms with Gasteiger partial charge in [-0.3, -0.25) is 14.2 Å². The van der Waals surface area contributed by atoms with Crippen molar-refractivity contribution < 1.29 is 13.9 Å². The number of carbonyl (C=O) groups excluding carboxylic acids is 1. The van der Waals surface area contributed by atoms with E-state index in [1.54, 1.807) is 12.1 Å². The highest BCUT2D eigenvalue weighted by molar-refractivity contribution is 5.81. The molecule has 0 fully saturated rings. The molecule has 33 heavy (non-hydrogen) atoms. The van der Waals surface area contributed by atoms with Gasteiger partial charge in [-0.2, -0.15) is 0 Å². The van der Waals surface area contributed by atoms with Gasteiger partial charge in [-0.25, -0.2) is 14.4 Å². The Balaban J connectivity index is 1.48. The minimum atomic E-state index is -0.655. The van der Waals surface area contributed by atoms with Crippen LogP contribution in [0.4, 0.5) is 15.9 Å². The summed E-state index contributed by atoms with van der Waals surface area (Å²) in [6.07, 6.45) is 2.46. The van der Waals surface area contributed by atoms with E-state index in [0.717, 1.165) is 11.3 Å². The second kappa shape index (κ2) is 9.27. The van der Waals surface area contributed by atoms with Gasteiger partial charge in [-0.05, 0) is 42.7 Å². The Morgan fingerprint density at radius 2 is 2.12 bits per heavy atom. The van der Waals surface area contributed by atoms with Gasteiger partial charge in [0.2, 0.25) is 5.91 Å². The second-order valence-corrected chi connectivity index (χ2v) is 7.87. The number of methoxy groups -OCH3 is 1. The molecule has 172 valence electrons. The summed E-state index contributed by atoms with van der Waals surface area (Å²) in [6.45, 7) is 2.30. The number of halogens is 1. The number of rotatable bonds is 7. The molecular formula is C23H25FN6O3. The molecule has 3 heterocycles. The Morgan fingerprint density at radius 3 is 2.88 bits per heavy atom. The third-order valence-electron chi connectivity index (χ3n) is 5.65. The van der Waals surface area contributed by atoms with Gasteiger partial charge in [0.1, 0.15) is 34.9 Å². The molecule has 4 N–H and O–H groups in total. The van der Waals surface area contributed by atoms with Crippen molar-refractivity contribution in [2.24, 2.45) is 0 Å². The van der Waals surface area contributed by atoms with Gasteiger partial charge < -0.3 is 21.1 Å². The van der Waals surface area contributed by atoms with Crippen LogP contribution in [0, 0.1) is 12.7 Å². The van der Waals surface area contributed by atoms with E-state index in [1.807, 2.05) is 13.0 Å². The van der Waals surface area contributed by atoms with Gasteiger partial charge >= 0.3 is 0 Å². The number of aromatic nitrogens is 3. The SMILES string of the molecule is COc1cc(F)cc(CNc2cnc3n(c2=O)[C@H](C(=O)NCc2ccc(N)nc2C)CC3)c1. The van der Waals surface area contributed by atoms with Gasteiger partial charge in [0.15, 0.2) is 0 Å². The van der Waals surface area contributed by atoms with Crippen molar-refractivity contribution in [2.75, 3.05) is 18.2 Å². The number of anilines is 2. The van der Waals surface area contributed by atoms with Gasteiger partial charge in [-0.1, -0.05) is 6.07 Å². The largest absolute Gasteiger partial charge is 0.497 e. The summed E-state index contributed by atoms with van der Waals surface area (Å²) in [6, 6.07) is 7.16. The first-order valence-corrected chi connectivity index (χ1v) is 10.5.